The highest BCUT2D eigenvalue weighted by Gasteiger charge is 2.43. The average Bonchev–Trinajstić information content (AvgIpc) is 2.82. The maximum atomic E-state index is 3.72. The van der Waals surface area contributed by atoms with Crippen LogP contribution in [0.1, 0.15) is 71.6 Å². The molecule has 2 aliphatic rings. The van der Waals surface area contributed by atoms with E-state index in [9.17, 15) is 0 Å². The van der Waals surface area contributed by atoms with Gasteiger partial charge in [-0.15, -0.1) is 0 Å². The topological polar surface area (TPSA) is 12.0 Å². The summed E-state index contributed by atoms with van der Waals surface area (Å²) in [6.07, 6.45) is 13.1. The lowest BCUT2D eigenvalue weighted by atomic mass is 9.66. The van der Waals surface area contributed by atoms with E-state index in [1.165, 1.54) is 57.8 Å². The Kier molecular flexibility index (Phi) is 4.52. The van der Waals surface area contributed by atoms with Gasteiger partial charge in [0.1, 0.15) is 0 Å². The Morgan fingerprint density at radius 3 is 2.18 bits per heavy atom. The van der Waals surface area contributed by atoms with Crippen LogP contribution < -0.4 is 5.32 Å². The highest BCUT2D eigenvalue weighted by Crippen LogP contribution is 2.48. The zero-order valence-electron chi connectivity index (χ0n) is 12.1. The van der Waals surface area contributed by atoms with Gasteiger partial charge in [0.15, 0.2) is 0 Å². The lowest BCUT2D eigenvalue weighted by Crippen LogP contribution is -2.48. The second-order valence-corrected chi connectivity index (χ2v) is 6.71. The van der Waals surface area contributed by atoms with Crippen molar-refractivity contribution in [2.75, 3.05) is 7.05 Å². The molecule has 2 saturated carbocycles. The van der Waals surface area contributed by atoms with Gasteiger partial charge in [-0.05, 0) is 56.4 Å². The van der Waals surface area contributed by atoms with Gasteiger partial charge in [0, 0.05) is 6.04 Å². The summed E-state index contributed by atoms with van der Waals surface area (Å²) in [5, 5.41) is 3.72. The molecule has 0 heterocycles. The van der Waals surface area contributed by atoms with Crippen LogP contribution in [0.15, 0.2) is 0 Å². The molecule has 1 unspecified atom stereocenters. The molecule has 0 amide bonds. The zero-order valence-corrected chi connectivity index (χ0v) is 12.1. The first-order valence-electron chi connectivity index (χ1n) is 7.89. The van der Waals surface area contributed by atoms with E-state index in [4.69, 9.17) is 0 Å². The Bertz CT molecular complexity index is 222. The lowest BCUT2D eigenvalue weighted by molar-refractivity contribution is 0.106. The molecular weight excluding hydrogens is 206 g/mol. The Labute approximate surface area is 108 Å². The van der Waals surface area contributed by atoms with E-state index >= 15 is 0 Å². The molecule has 2 rings (SSSR count). The van der Waals surface area contributed by atoms with Crippen molar-refractivity contribution in [3.63, 3.8) is 0 Å². The fraction of sp³-hybridized carbons (Fsp3) is 1.00. The quantitative estimate of drug-likeness (QED) is 0.765. The molecule has 0 bridgehead atoms. The number of rotatable bonds is 4. The van der Waals surface area contributed by atoms with Crippen LogP contribution >= 0.6 is 0 Å². The summed E-state index contributed by atoms with van der Waals surface area (Å²) < 4.78 is 0. The smallest absolute Gasteiger partial charge is 0.0149 e. The summed E-state index contributed by atoms with van der Waals surface area (Å²) in [6.45, 7) is 4.84. The third-order valence-corrected chi connectivity index (χ3v) is 5.81. The van der Waals surface area contributed by atoms with E-state index < -0.39 is 0 Å². The molecule has 1 nitrogen and oxygen atoms in total. The molecule has 1 N–H and O–H groups in total. The molecule has 100 valence electrons. The van der Waals surface area contributed by atoms with E-state index in [0.717, 1.165) is 17.9 Å². The third-order valence-electron chi connectivity index (χ3n) is 5.81. The highest BCUT2D eigenvalue weighted by molar-refractivity contribution is 4.97. The van der Waals surface area contributed by atoms with Crippen LogP contribution in [0.3, 0.4) is 0 Å². The summed E-state index contributed by atoms with van der Waals surface area (Å²) in [7, 11) is 2.21. The van der Waals surface area contributed by atoms with Gasteiger partial charge in [0.2, 0.25) is 0 Å². The molecule has 2 fully saturated rings. The first kappa shape index (κ1) is 13.4. The molecule has 0 radical (unpaired) electrons. The molecule has 0 saturated heterocycles. The van der Waals surface area contributed by atoms with Gasteiger partial charge in [-0.3, -0.25) is 0 Å². The molecule has 0 aromatic rings. The van der Waals surface area contributed by atoms with Crippen molar-refractivity contribution in [1.82, 2.24) is 5.32 Å². The molecular formula is C16H31N. The molecule has 0 aromatic heterocycles. The first-order chi connectivity index (χ1) is 8.22. The van der Waals surface area contributed by atoms with Gasteiger partial charge in [-0.2, -0.15) is 0 Å². The Hall–Kier alpha value is -0.0400. The van der Waals surface area contributed by atoms with Crippen LogP contribution in [-0.4, -0.2) is 13.1 Å². The van der Waals surface area contributed by atoms with Crippen LogP contribution in [-0.2, 0) is 0 Å². The van der Waals surface area contributed by atoms with Crippen molar-refractivity contribution in [3.8, 4) is 0 Å². The summed E-state index contributed by atoms with van der Waals surface area (Å²) in [5.74, 6) is 1.93. The van der Waals surface area contributed by atoms with Crippen LogP contribution in [0.25, 0.3) is 0 Å². The number of hydrogen-bond acceptors (Lipinski definition) is 1. The van der Waals surface area contributed by atoms with Crippen molar-refractivity contribution in [3.05, 3.63) is 0 Å². The van der Waals surface area contributed by atoms with Crippen LogP contribution in [0.4, 0.5) is 0 Å². The first-order valence-corrected chi connectivity index (χ1v) is 7.89. The van der Waals surface area contributed by atoms with Gasteiger partial charge < -0.3 is 5.32 Å². The van der Waals surface area contributed by atoms with E-state index in [-0.39, 0.29) is 0 Å². The summed E-state index contributed by atoms with van der Waals surface area (Å²) in [4.78, 5) is 0. The van der Waals surface area contributed by atoms with Gasteiger partial charge in [-0.25, -0.2) is 0 Å². The predicted octanol–water partition coefficient (Wildman–Crippen LogP) is 4.37. The predicted molar refractivity (Wildman–Crippen MR) is 75.2 cm³/mol. The number of hydrogen-bond donors (Lipinski definition) is 1. The normalized spacial score (nSPS) is 34.8. The maximum Gasteiger partial charge on any atom is 0.0149 e. The van der Waals surface area contributed by atoms with Crippen LogP contribution in [0, 0.1) is 17.3 Å². The monoisotopic (exact) mass is 237 g/mol. The van der Waals surface area contributed by atoms with Crippen molar-refractivity contribution in [2.45, 2.75) is 77.7 Å². The van der Waals surface area contributed by atoms with E-state index in [1.807, 2.05) is 0 Å². The second-order valence-electron chi connectivity index (χ2n) is 6.71. The number of nitrogens with one attached hydrogen (secondary N) is 1. The summed E-state index contributed by atoms with van der Waals surface area (Å²) in [5.41, 5.74) is 0.639. The minimum Gasteiger partial charge on any atom is -0.316 e. The van der Waals surface area contributed by atoms with Gasteiger partial charge in [0.25, 0.3) is 0 Å². The fourth-order valence-electron chi connectivity index (χ4n) is 4.62. The Balaban J connectivity index is 2.04. The van der Waals surface area contributed by atoms with E-state index in [2.05, 4.69) is 26.2 Å². The van der Waals surface area contributed by atoms with Crippen molar-refractivity contribution >= 4 is 0 Å². The SMILES string of the molecule is CCC1(C(NC)C2CCC(C)CC2)CCCC1. The fourth-order valence-corrected chi connectivity index (χ4v) is 4.62. The summed E-state index contributed by atoms with van der Waals surface area (Å²) >= 11 is 0. The maximum absolute atomic E-state index is 3.72. The van der Waals surface area contributed by atoms with E-state index in [1.54, 1.807) is 0 Å². The van der Waals surface area contributed by atoms with Crippen molar-refractivity contribution in [2.24, 2.45) is 17.3 Å². The Morgan fingerprint density at radius 1 is 1.12 bits per heavy atom. The van der Waals surface area contributed by atoms with Gasteiger partial charge >= 0.3 is 0 Å². The molecule has 17 heavy (non-hydrogen) atoms. The summed E-state index contributed by atoms with van der Waals surface area (Å²) in [6, 6.07) is 0.794. The van der Waals surface area contributed by atoms with Gasteiger partial charge in [0.05, 0.1) is 0 Å². The average molecular weight is 237 g/mol. The largest absolute Gasteiger partial charge is 0.316 e. The molecule has 1 atom stereocenters. The van der Waals surface area contributed by atoms with E-state index in [0.29, 0.717) is 5.41 Å². The van der Waals surface area contributed by atoms with Gasteiger partial charge in [-0.1, -0.05) is 39.5 Å². The molecule has 2 aliphatic carbocycles. The zero-order chi connectivity index (χ0) is 12.3. The molecule has 0 aliphatic heterocycles. The van der Waals surface area contributed by atoms with Crippen LogP contribution in [0.2, 0.25) is 0 Å². The van der Waals surface area contributed by atoms with Crippen molar-refractivity contribution < 1.29 is 0 Å². The minimum atomic E-state index is 0.639. The highest BCUT2D eigenvalue weighted by atomic mass is 14.9. The molecule has 0 spiro atoms. The molecule has 1 heteroatoms. The standard InChI is InChI=1S/C16H31N/c1-4-16(11-5-6-12-16)15(17-3)14-9-7-13(2)8-10-14/h13-15,17H,4-12H2,1-3H3. The molecule has 0 aromatic carbocycles. The lowest BCUT2D eigenvalue weighted by Gasteiger charge is -2.44. The second kappa shape index (κ2) is 5.73. The van der Waals surface area contributed by atoms with Crippen molar-refractivity contribution in [1.29, 1.82) is 0 Å². The third kappa shape index (κ3) is 2.70. The van der Waals surface area contributed by atoms with Crippen LogP contribution in [0.5, 0.6) is 0 Å². The Morgan fingerprint density at radius 2 is 1.71 bits per heavy atom. The minimum absolute atomic E-state index is 0.639.